The molecule has 0 saturated heterocycles. The Kier molecular flexibility index (Phi) is 6.65. The Bertz CT molecular complexity index is 1240. The van der Waals surface area contributed by atoms with Gasteiger partial charge in [-0.05, 0) is 67.2 Å². The third-order valence-electron chi connectivity index (χ3n) is 7.41. The molecule has 2 aromatic carbocycles. The van der Waals surface area contributed by atoms with Gasteiger partial charge in [-0.3, -0.25) is 9.78 Å². The lowest BCUT2D eigenvalue weighted by Gasteiger charge is -2.17. The molecule has 2 unspecified atom stereocenters. The van der Waals surface area contributed by atoms with Crippen LogP contribution in [0.1, 0.15) is 55.8 Å². The molecule has 2 atom stereocenters. The summed E-state index contributed by atoms with van der Waals surface area (Å²) in [6, 6.07) is 19.9. The van der Waals surface area contributed by atoms with E-state index in [2.05, 4.69) is 41.4 Å². The number of pyridine rings is 1. The number of carboxylic acid groups (broad SMARTS) is 1. The van der Waals surface area contributed by atoms with Gasteiger partial charge in [-0.25, -0.2) is 0 Å². The number of carboxylic acids is 1. The van der Waals surface area contributed by atoms with Crippen LogP contribution >= 0.6 is 0 Å². The summed E-state index contributed by atoms with van der Waals surface area (Å²) in [5.74, 6) is -0.160. The van der Waals surface area contributed by atoms with Crippen molar-refractivity contribution in [3.8, 4) is 22.4 Å². The SMILES string of the molecule is O=C(O)C1(c2ccc(-c3ccc(-c4ncccc4C(O)CCCC4C=CC=CC4)cc3)cc2)CC1. The fourth-order valence-corrected chi connectivity index (χ4v) is 5.06. The van der Waals surface area contributed by atoms with Gasteiger partial charge in [-0.2, -0.15) is 0 Å². The standard InChI is InChI=1S/C31H31NO3/c33-28(10-4-8-22-6-2-1-3-7-22)27-9-5-21-32-29(27)25-13-11-23(12-14-25)24-15-17-26(18-16-24)31(19-20-31)30(34)35/h1-3,5-6,9,11-18,21-22,28,33H,4,7-8,10,19-20H2,(H,34,35). The molecule has 0 aliphatic heterocycles. The van der Waals surface area contributed by atoms with E-state index in [-0.39, 0.29) is 0 Å². The second kappa shape index (κ2) is 10.0. The van der Waals surface area contributed by atoms with E-state index in [4.69, 9.17) is 0 Å². The molecule has 0 radical (unpaired) electrons. The van der Waals surface area contributed by atoms with Crippen molar-refractivity contribution in [1.29, 1.82) is 0 Å². The average Bonchev–Trinajstić information content (AvgIpc) is 3.72. The van der Waals surface area contributed by atoms with Gasteiger partial charge < -0.3 is 10.2 Å². The van der Waals surface area contributed by atoms with Crippen LogP contribution in [-0.4, -0.2) is 21.2 Å². The molecule has 1 saturated carbocycles. The van der Waals surface area contributed by atoms with Gasteiger partial charge in [0.25, 0.3) is 0 Å². The minimum atomic E-state index is -0.731. The van der Waals surface area contributed by atoms with E-state index < -0.39 is 17.5 Å². The van der Waals surface area contributed by atoms with Crippen LogP contribution in [0.15, 0.2) is 91.2 Å². The van der Waals surface area contributed by atoms with Crippen LogP contribution in [0.3, 0.4) is 0 Å². The molecule has 3 aromatic rings. The number of benzene rings is 2. The number of aliphatic hydroxyl groups is 1. The van der Waals surface area contributed by atoms with Gasteiger partial charge in [0.1, 0.15) is 0 Å². The molecule has 2 N–H and O–H groups in total. The Morgan fingerprint density at radius 3 is 2.29 bits per heavy atom. The number of rotatable bonds is 9. The van der Waals surface area contributed by atoms with Crippen LogP contribution < -0.4 is 0 Å². The third kappa shape index (κ3) is 4.98. The summed E-state index contributed by atoms with van der Waals surface area (Å²) >= 11 is 0. The van der Waals surface area contributed by atoms with Gasteiger partial charge in [-0.1, -0.05) is 78.9 Å². The first-order valence-corrected chi connectivity index (χ1v) is 12.5. The Hall–Kier alpha value is -3.50. The van der Waals surface area contributed by atoms with Crippen LogP contribution in [0.25, 0.3) is 22.4 Å². The first kappa shape index (κ1) is 23.3. The fourth-order valence-electron chi connectivity index (χ4n) is 5.06. The molecule has 2 aliphatic carbocycles. The summed E-state index contributed by atoms with van der Waals surface area (Å²) in [6.07, 6.45) is 15.2. The maximum Gasteiger partial charge on any atom is 0.314 e. The van der Waals surface area contributed by atoms with Crippen molar-refractivity contribution in [3.63, 3.8) is 0 Å². The van der Waals surface area contributed by atoms with Crippen LogP contribution in [-0.2, 0) is 10.2 Å². The number of allylic oxidation sites excluding steroid dienone is 4. The van der Waals surface area contributed by atoms with Gasteiger partial charge in [0.2, 0.25) is 0 Å². The highest BCUT2D eigenvalue weighted by Gasteiger charge is 2.51. The van der Waals surface area contributed by atoms with Gasteiger partial charge in [-0.15, -0.1) is 0 Å². The Labute approximate surface area is 206 Å². The Morgan fingerprint density at radius 1 is 0.971 bits per heavy atom. The molecule has 0 spiro atoms. The van der Waals surface area contributed by atoms with Crippen molar-refractivity contribution in [2.45, 2.75) is 50.0 Å². The summed E-state index contributed by atoms with van der Waals surface area (Å²) in [7, 11) is 0. The molecule has 0 amide bonds. The van der Waals surface area contributed by atoms with E-state index in [1.165, 1.54) is 0 Å². The van der Waals surface area contributed by atoms with Crippen molar-refractivity contribution in [1.82, 2.24) is 4.98 Å². The summed E-state index contributed by atoms with van der Waals surface area (Å²) in [6.45, 7) is 0. The van der Waals surface area contributed by atoms with Crippen LogP contribution in [0, 0.1) is 5.92 Å². The van der Waals surface area contributed by atoms with E-state index >= 15 is 0 Å². The maximum atomic E-state index is 11.6. The molecule has 35 heavy (non-hydrogen) atoms. The molecule has 178 valence electrons. The lowest BCUT2D eigenvalue weighted by Crippen LogP contribution is -2.19. The third-order valence-corrected chi connectivity index (χ3v) is 7.41. The van der Waals surface area contributed by atoms with E-state index in [9.17, 15) is 15.0 Å². The van der Waals surface area contributed by atoms with E-state index in [1.54, 1.807) is 6.20 Å². The molecule has 4 nitrogen and oxygen atoms in total. The van der Waals surface area contributed by atoms with E-state index in [0.29, 0.717) is 18.8 Å². The number of nitrogens with zero attached hydrogens (tertiary/aromatic N) is 1. The van der Waals surface area contributed by atoms with Crippen LogP contribution in [0.5, 0.6) is 0 Å². The van der Waals surface area contributed by atoms with Gasteiger partial charge >= 0.3 is 5.97 Å². The maximum absolute atomic E-state index is 11.6. The van der Waals surface area contributed by atoms with Gasteiger partial charge in [0.15, 0.2) is 0 Å². The number of aromatic nitrogens is 1. The second-order valence-electron chi connectivity index (χ2n) is 9.74. The monoisotopic (exact) mass is 465 g/mol. The lowest BCUT2D eigenvalue weighted by atomic mass is 9.92. The number of aliphatic carboxylic acids is 1. The zero-order valence-corrected chi connectivity index (χ0v) is 19.8. The molecular formula is C31H31NO3. The number of hydrogen-bond donors (Lipinski definition) is 2. The summed E-state index contributed by atoms with van der Waals surface area (Å²) in [5, 5.41) is 20.5. The highest BCUT2D eigenvalue weighted by Crippen LogP contribution is 2.48. The van der Waals surface area contributed by atoms with Crippen LogP contribution in [0.4, 0.5) is 0 Å². The molecule has 1 heterocycles. The molecule has 5 rings (SSSR count). The first-order valence-electron chi connectivity index (χ1n) is 12.5. The predicted octanol–water partition coefficient (Wildman–Crippen LogP) is 6.87. The quantitative estimate of drug-likeness (QED) is 0.362. The molecule has 2 aliphatic rings. The van der Waals surface area contributed by atoms with E-state index in [0.717, 1.165) is 59.2 Å². The van der Waals surface area contributed by atoms with Crippen LogP contribution in [0.2, 0.25) is 0 Å². The average molecular weight is 466 g/mol. The van der Waals surface area contributed by atoms with Crippen molar-refractivity contribution in [2.24, 2.45) is 5.92 Å². The van der Waals surface area contributed by atoms with Gasteiger partial charge in [0.05, 0.1) is 17.2 Å². The second-order valence-corrected chi connectivity index (χ2v) is 9.74. The Balaban J connectivity index is 1.27. The minimum Gasteiger partial charge on any atom is -0.481 e. The molecule has 0 bridgehead atoms. The summed E-state index contributed by atoms with van der Waals surface area (Å²) in [5.41, 5.74) is 4.98. The highest BCUT2D eigenvalue weighted by atomic mass is 16.4. The summed E-state index contributed by atoms with van der Waals surface area (Å²) in [4.78, 5) is 16.2. The van der Waals surface area contributed by atoms with E-state index in [1.807, 2.05) is 48.5 Å². The topological polar surface area (TPSA) is 70.4 Å². The largest absolute Gasteiger partial charge is 0.481 e. The zero-order chi connectivity index (χ0) is 24.3. The molecular weight excluding hydrogens is 434 g/mol. The molecule has 1 fully saturated rings. The summed E-state index contributed by atoms with van der Waals surface area (Å²) < 4.78 is 0. The van der Waals surface area contributed by atoms with Crippen molar-refractivity contribution >= 4 is 5.97 Å². The van der Waals surface area contributed by atoms with Crippen molar-refractivity contribution < 1.29 is 15.0 Å². The Morgan fingerprint density at radius 2 is 1.66 bits per heavy atom. The minimum absolute atomic E-state index is 0.544. The normalized spacial score (nSPS) is 18.8. The number of aliphatic hydroxyl groups excluding tert-OH is 1. The zero-order valence-electron chi connectivity index (χ0n) is 19.8. The van der Waals surface area contributed by atoms with Crippen molar-refractivity contribution in [2.75, 3.05) is 0 Å². The number of hydrogen-bond acceptors (Lipinski definition) is 3. The molecule has 1 aromatic heterocycles. The lowest BCUT2D eigenvalue weighted by molar-refractivity contribution is -0.140. The fraction of sp³-hybridized carbons (Fsp3) is 0.290. The smallest absolute Gasteiger partial charge is 0.314 e. The van der Waals surface area contributed by atoms with Crippen molar-refractivity contribution in [3.05, 3.63) is 102 Å². The molecule has 4 heteroatoms. The predicted molar refractivity (Wildman–Crippen MR) is 139 cm³/mol. The number of carbonyl (C=O) groups is 1. The highest BCUT2D eigenvalue weighted by molar-refractivity contribution is 5.85. The van der Waals surface area contributed by atoms with Gasteiger partial charge in [0, 0.05) is 17.3 Å². The first-order chi connectivity index (χ1) is 17.1.